The predicted octanol–water partition coefficient (Wildman–Crippen LogP) is 15.4. The minimum absolute atomic E-state index is 0. The maximum Gasteiger partial charge on any atom is 2.00 e. The number of nitrogens with one attached hydrogen (secondary N) is 1. The van der Waals surface area contributed by atoms with Crippen molar-refractivity contribution < 1.29 is 49.1 Å². The third kappa shape index (κ3) is 23.5. The number of carbonyl (C=O) groups is 1. The van der Waals surface area contributed by atoms with Gasteiger partial charge in [0.2, 0.25) is 5.91 Å². The monoisotopic (exact) mass is 1010 g/mol. The van der Waals surface area contributed by atoms with Crippen molar-refractivity contribution >= 4 is 28.6 Å². The first-order valence-corrected chi connectivity index (χ1v) is 20.6. The number of fused-ring (bicyclic) bond motifs is 1. The maximum absolute atomic E-state index is 13.4. The largest absolute Gasteiger partial charge is 2.00 e. The molecule has 1 N–H and O–H groups in total. The molecule has 1 aliphatic heterocycles. The Morgan fingerprint density at radius 2 is 1.49 bits per heavy atom. The van der Waals surface area contributed by atoms with E-state index in [4.69, 9.17) is 0 Å². The number of carbonyl (C=O) groups excluding carboxylic acids is 1. The molecule has 1 fully saturated rings. The molecule has 0 atom stereocenters. The summed E-state index contributed by atoms with van der Waals surface area (Å²) in [6.45, 7) is 36.7. The topological polar surface area (TPSA) is 32.3 Å². The standard InChI is InChI=1S/C25H27F3N2OS.C10H16.C4H8.2C3H8.C2H6.U/c1-4-15(3)24(31)30-9-8-20-21(14-32-22(20)13-30)23(17-6-7-17)29-19-11-16(5-2)10-18(12-19)25(26,27)28;1-5-6-7-8-10(4)9(2)3;1-4(2)3;2*1-3-2;1-2;/h4,10-12,14,29H,5-9,13H2,1-3H3;5-8H,1-4H3;4H,1-2H2,3H3;2*3H2,1-2H3;1-2H3;/q;;-2;;;;+2/b15-4+;6-5-,8-7-;;;;;. The Labute approximate surface area is 363 Å². The number of rotatable bonds is 7. The number of halogens is 3. The van der Waals surface area contributed by atoms with E-state index in [1.807, 2.05) is 71.6 Å². The summed E-state index contributed by atoms with van der Waals surface area (Å²) in [6.07, 6.45) is 11.4. The zero-order valence-corrected chi connectivity index (χ0v) is 41.7. The number of anilines is 1. The number of thiophene rings is 1. The van der Waals surface area contributed by atoms with Gasteiger partial charge in [-0.05, 0) is 102 Å². The van der Waals surface area contributed by atoms with E-state index in [2.05, 4.69) is 85.2 Å². The van der Waals surface area contributed by atoms with Gasteiger partial charge in [-0.2, -0.15) is 13.2 Å². The second-order valence-corrected chi connectivity index (χ2v) is 14.4. The van der Waals surface area contributed by atoms with E-state index in [-0.39, 0.29) is 37.0 Å². The Kier molecular flexibility index (Phi) is 33.0. The molecule has 1 amide bonds. The van der Waals surface area contributed by atoms with Gasteiger partial charge in [-0.15, -0.1) is 18.3 Å². The molecule has 0 bridgehead atoms. The molecule has 1 aromatic carbocycles. The van der Waals surface area contributed by atoms with Gasteiger partial charge in [0.05, 0.1) is 12.1 Å². The molecule has 3 nitrogen and oxygen atoms in total. The second kappa shape index (κ2) is 31.8. The van der Waals surface area contributed by atoms with Crippen molar-refractivity contribution in [2.24, 2.45) is 5.92 Å². The number of amides is 1. The van der Waals surface area contributed by atoms with Crippen LogP contribution in [0.4, 0.5) is 18.9 Å². The molecule has 308 valence electrons. The number of benzene rings is 1. The Morgan fingerprint density at radius 3 is 1.93 bits per heavy atom. The molecule has 2 aliphatic rings. The van der Waals surface area contributed by atoms with Crippen LogP contribution < -0.4 is 5.32 Å². The van der Waals surface area contributed by atoms with Crippen LogP contribution in [0.2, 0.25) is 0 Å². The van der Waals surface area contributed by atoms with Crippen molar-refractivity contribution in [1.82, 2.24) is 4.90 Å². The van der Waals surface area contributed by atoms with Crippen LogP contribution in [0.1, 0.15) is 150 Å². The van der Waals surface area contributed by atoms with Crippen molar-refractivity contribution in [2.75, 3.05) is 11.9 Å². The molecule has 55 heavy (non-hydrogen) atoms. The van der Waals surface area contributed by atoms with E-state index in [0.717, 1.165) is 41.0 Å². The molecule has 1 aromatic heterocycles. The molecule has 2 heterocycles. The van der Waals surface area contributed by atoms with Crippen LogP contribution in [0.25, 0.3) is 5.70 Å². The summed E-state index contributed by atoms with van der Waals surface area (Å²) in [5.41, 5.74) is 8.43. The predicted molar refractivity (Wildman–Crippen MR) is 235 cm³/mol. The number of nitrogens with zero attached hydrogens (tertiary/aromatic N) is 1. The summed E-state index contributed by atoms with van der Waals surface area (Å²) in [7, 11) is 0. The molecule has 8 heteroatoms. The number of aryl methyl sites for hydroxylation is 1. The van der Waals surface area contributed by atoms with Crippen LogP contribution in [0.3, 0.4) is 0 Å². The van der Waals surface area contributed by atoms with E-state index in [1.165, 1.54) is 47.3 Å². The van der Waals surface area contributed by atoms with Crippen molar-refractivity contribution in [3.63, 3.8) is 0 Å². The van der Waals surface area contributed by atoms with Gasteiger partial charge in [0, 0.05) is 39.3 Å². The minimum Gasteiger partial charge on any atom is -0.370 e. The van der Waals surface area contributed by atoms with Gasteiger partial charge >= 0.3 is 37.3 Å². The second-order valence-electron chi connectivity index (χ2n) is 13.5. The van der Waals surface area contributed by atoms with Gasteiger partial charge < -0.3 is 30.0 Å². The Morgan fingerprint density at radius 1 is 0.945 bits per heavy atom. The Hall–Kier alpha value is -2.27. The van der Waals surface area contributed by atoms with Crippen molar-refractivity contribution in [1.29, 1.82) is 0 Å². The maximum atomic E-state index is 13.4. The average Bonchev–Trinajstić information content (AvgIpc) is 3.89. The quantitative estimate of drug-likeness (QED) is 0.170. The minimum atomic E-state index is -4.38. The fraction of sp³-hybridized carbons (Fsp3) is 0.511. The van der Waals surface area contributed by atoms with Crippen molar-refractivity contribution in [3.05, 3.63) is 117 Å². The normalized spacial score (nSPS) is 12.8. The zero-order valence-electron chi connectivity index (χ0n) is 36.7. The number of allylic oxidation sites excluding steroid dienone is 8. The number of hydrogen-bond donors (Lipinski definition) is 1. The van der Waals surface area contributed by atoms with Crippen LogP contribution >= 0.6 is 11.3 Å². The van der Waals surface area contributed by atoms with Gasteiger partial charge in [-0.3, -0.25) is 4.79 Å². The van der Waals surface area contributed by atoms with Gasteiger partial charge in [-0.25, -0.2) is 0 Å². The Balaban J connectivity index is -0.000000976. The molecular formula is C47H73F3N2OSU. The number of alkyl halides is 3. The zero-order chi connectivity index (χ0) is 42.0. The van der Waals surface area contributed by atoms with E-state index in [9.17, 15) is 18.0 Å². The summed E-state index contributed by atoms with van der Waals surface area (Å²) in [4.78, 5) is 15.6. The van der Waals surface area contributed by atoms with Crippen molar-refractivity contribution in [3.8, 4) is 0 Å². The van der Waals surface area contributed by atoms with E-state index < -0.39 is 11.7 Å². The summed E-state index contributed by atoms with van der Waals surface area (Å²) in [5.74, 6) is 0.392. The van der Waals surface area contributed by atoms with Crippen molar-refractivity contribution in [2.45, 2.75) is 148 Å². The first-order valence-electron chi connectivity index (χ1n) is 19.8. The van der Waals surface area contributed by atoms with Gasteiger partial charge in [-0.1, -0.05) is 103 Å². The molecule has 0 unspecified atom stereocenters. The molecular weight excluding hydrogens is 936 g/mol. The SMILES string of the molecule is C/C=C(\C)C(=O)N1CCc2c(C(Nc3cc(CC)cc(C(F)(F)F)c3)=C3CC3)csc2C1.C/C=C\C=C/C(C)=C(C)C.CC.CCC.CCC.[CH2-]C([CH2-])C.[U+2]. The third-order valence-electron chi connectivity index (χ3n) is 7.56. The first kappa shape index (κ1) is 57.1. The molecule has 0 spiro atoms. The molecule has 1 aliphatic carbocycles. The average molecular weight is 1010 g/mol. The summed E-state index contributed by atoms with van der Waals surface area (Å²) in [5, 5.41) is 5.43. The Bertz CT molecular complexity index is 1510. The first-order chi connectivity index (χ1) is 25.4. The summed E-state index contributed by atoms with van der Waals surface area (Å²) in [6, 6.07) is 4.22. The fourth-order valence-electron chi connectivity index (χ4n) is 4.50. The van der Waals surface area contributed by atoms with Crippen LogP contribution in [0, 0.1) is 50.9 Å². The smallest absolute Gasteiger partial charge is 0.370 e. The molecule has 0 saturated heterocycles. The van der Waals surface area contributed by atoms with Gasteiger partial charge in [0.1, 0.15) is 0 Å². The van der Waals surface area contributed by atoms with Gasteiger partial charge in [0.25, 0.3) is 0 Å². The van der Waals surface area contributed by atoms with E-state index >= 15 is 0 Å². The molecule has 0 radical (unpaired) electrons. The third-order valence-corrected chi connectivity index (χ3v) is 8.58. The van der Waals surface area contributed by atoms with Crippen LogP contribution in [-0.2, 0) is 30.4 Å². The molecule has 1 saturated carbocycles. The fourth-order valence-corrected chi connectivity index (χ4v) is 5.60. The van der Waals surface area contributed by atoms with Crippen LogP contribution in [0.5, 0.6) is 0 Å². The molecule has 4 rings (SSSR count). The summed E-state index contributed by atoms with van der Waals surface area (Å²) >= 11 is 1.62. The summed E-state index contributed by atoms with van der Waals surface area (Å²) < 4.78 is 40.2. The van der Waals surface area contributed by atoms with Crippen LogP contribution in [-0.4, -0.2) is 17.4 Å². The van der Waals surface area contributed by atoms with E-state index in [1.54, 1.807) is 17.4 Å². The van der Waals surface area contributed by atoms with Gasteiger partial charge in [0.15, 0.2) is 0 Å². The van der Waals surface area contributed by atoms with E-state index in [0.29, 0.717) is 36.7 Å². The number of hydrogen-bond acceptors (Lipinski definition) is 3. The van der Waals surface area contributed by atoms with Crippen LogP contribution in [0.15, 0.2) is 76.3 Å². The molecule has 2 aromatic rings.